The summed E-state index contributed by atoms with van der Waals surface area (Å²) >= 11 is 7.68. The summed E-state index contributed by atoms with van der Waals surface area (Å²) in [6.45, 7) is 0.627. The average Bonchev–Trinajstić information content (AvgIpc) is 3.24. The fourth-order valence-corrected chi connectivity index (χ4v) is 4.11. The zero-order valence-electron chi connectivity index (χ0n) is 17.1. The molecule has 2 heterocycles. The summed E-state index contributed by atoms with van der Waals surface area (Å²) in [6.07, 6.45) is 4.00. The number of hydrogen-bond donors (Lipinski definition) is 2. The Morgan fingerprint density at radius 2 is 1.62 bits per heavy atom. The first-order chi connectivity index (χ1) is 15.6. The lowest BCUT2D eigenvalue weighted by Gasteiger charge is -2.08. The summed E-state index contributed by atoms with van der Waals surface area (Å²) in [5.74, 6) is 0.295. The van der Waals surface area contributed by atoms with Crippen molar-refractivity contribution in [3.63, 3.8) is 0 Å². The Labute approximate surface area is 195 Å². The van der Waals surface area contributed by atoms with Crippen LogP contribution in [0.25, 0.3) is 5.65 Å². The number of aromatic nitrogens is 2. The second kappa shape index (κ2) is 10.3. The highest BCUT2D eigenvalue weighted by atomic mass is 35.5. The molecule has 4 rings (SSSR count). The van der Waals surface area contributed by atoms with E-state index in [1.165, 1.54) is 0 Å². The number of nitrogens with zero attached hydrogens (tertiary/aromatic N) is 2. The van der Waals surface area contributed by atoms with Gasteiger partial charge in [-0.15, -0.1) is 11.8 Å². The maximum absolute atomic E-state index is 12.3. The molecule has 0 fully saturated rings. The molecule has 0 atom stereocenters. The molecule has 0 unspecified atom stereocenters. The lowest BCUT2D eigenvalue weighted by Crippen LogP contribution is -2.34. The molecular weight excluding hydrogens is 444 g/mol. The van der Waals surface area contributed by atoms with Crippen molar-refractivity contribution < 1.29 is 9.59 Å². The van der Waals surface area contributed by atoms with Gasteiger partial charge in [-0.2, -0.15) is 0 Å². The van der Waals surface area contributed by atoms with Crippen molar-refractivity contribution in [3.8, 4) is 0 Å². The summed E-state index contributed by atoms with van der Waals surface area (Å²) in [6, 6.07) is 20.2. The first-order valence-corrected chi connectivity index (χ1v) is 11.4. The molecule has 0 spiro atoms. The van der Waals surface area contributed by atoms with Gasteiger partial charge in [0.05, 0.1) is 16.3 Å². The van der Waals surface area contributed by atoms with Gasteiger partial charge in [0, 0.05) is 41.7 Å². The van der Waals surface area contributed by atoms with Gasteiger partial charge in [-0.05, 0) is 48.5 Å². The smallest absolute Gasteiger partial charge is 0.252 e. The molecule has 0 saturated heterocycles. The third-order valence-electron chi connectivity index (χ3n) is 4.73. The standard InChI is InChI=1S/C24H21ClN4O2S/c25-21-6-2-1-5-20(21)24(31)27-13-12-26-23(30)17-8-10-19(11-9-17)32-16-18-15-29-14-4-3-7-22(29)28-18/h1-11,14-15H,12-13,16H2,(H,26,30)(H,27,31). The summed E-state index contributed by atoms with van der Waals surface area (Å²) < 4.78 is 2.00. The van der Waals surface area contributed by atoms with Gasteiger partial charge in [0.15, 0.2) is 0 Å². The van der Waals surface area contributed by atoms with Gasteiger partial charge in [-0.3, -0.25) is 9.59 Å². The summed E-state index contributed by atoms with van der Waals surface area (Å²) in [5.41, 5.74) is 2.91. The minimum atomic E-state index is -0.267. The van der Waals surface area contributed by atoms with Gasteiger partial charge in [-0.25, -0.2) is 4.98 Å². The lowest BCUT2D eigenvalue weighted by atomic mass is 10.2. The number of amides is 2. The van der Waals surface area contributed by atoms with E-state index in [-0.39, 0.29) is 11.8 Å². The first kappa shape index (κ1) is 21.9. The predicted octanol–water partition coefficient (Wildman–Crippen LogP) is 4.44. The maximum Gasteiger partial charge on any atom is 0.252 e. The molecule has 4 aromatic rings. The number of pyridine rings is 1. The van der Waals surface area contributed by atoms with Gasteiger partial charge in [0.25, 0.3) is 11.8 Å². The number of halogens is 1. The molecule has 6 nitrogen and oxygen atoms in total. The Kier molecular flexibility index (Phi) is 7.09. The monoisotopic (exact) mass is 464 g/mol. The van der Waals surface area contributed by atoms with E-state index in [2.05, 4.69) is 15.6 Å². The molecule has 2 aromatic heterocycles. The molecule has 0 saturated carbocycles. The third-order valence-corrected chi connectivity index (χ3v) is 6.11. The van der Waals surface area contributed by atoms with Crippen molar-refractivity contribution >= 4 is 40.8 Å². The molecule has 0 aliphatic rings. The minimum Gasteiger partial charge on any atom is -0.350 e. The molecular formula is C24H21ClN4O2S. The van der Waals surface area contributed by atoms with Crippen LogP contribution < -0.4 is 10.6 Å². The van der Waals surface area contributed by atoms with Crippen molar-refractivity contribution in [2.24, 2.45) is 0 Å². The molecule has 162 valence electrons. The molecule has 0 aliphatic heterocycles. The Morgan fingerprint density at radius 3 is 2.38 bits per heavy atom. The van der Waals surface area contributed by atoms with E-state index in [9.17, 15) is 9.59 Å². The van der Waals surface area contributed by atoms with Crippen molar-refractivity contribution in [2.75, 3.05) is 13.1 Å². The van der Waals surface area contributed by atoms with Crippen LogP contribution in [0, 0.1) is 0 Å². The van der Waals surface area contributed by atoms with Crippen LogP contribution in [0.1, 0.15) is 26.4 Å². The van der Waals surface area contributed by atoms with Crippen molar-refractivity contribution in [1.82, 2.24) is 20.0 Å². The van der Waals surface area contributed by atoms with E-state index in [1.807, 2.05) is 47.1 Å². The highest BCUT2D eigenvalue weighted by Crippen LogP contribution is 2.23. The summed E-state index contributed by atoms with van der Waals surface area (Å²) in [7, 11) is 0. The van der Waals surface area contributed by atoms with Gasteiger partial charge in [-0.1, -0.05) is 29.8 Å². The SMILES string of the molecule is O=C(NCCNC(=O)c1ccccc1Cl)c1ccc(SCc2cn3ccccc3n2)cc1. The van der Waals surface area contributed by atoms with Crippen LogP contribution in [0.2, 0.25) is 5.02 Å². The van der Waals surface area contributed by atoms with Crippen LogP contribution in [0.4, 0.5) is 0 Å². The summed E-state index contributed by atoms with van der Waals surface area (Å²) in [4.78, 5) is 30.1. The Morgan fingerprint density at radius 1 is 0.906 bits per heavy atom. The van der Waals surface area contributed by atoms with Gasteiger partial charge >= 0.3 is 0 Å². The van der Waals surface area contributed by atoms with Crippen molar-refractivity contribution in [3.05, 3.63) is 101 Å². The number of nitrogens with one attached hydrogen (secondary N) is 2. The molecule has 0 bridgehead atoms. The Hall–Kier alpha value is -3.29. The van der Waals surface area contributed by atoms with E-state index in [0.717, 1.165) is 22.0 Å². The minimum absolute atomic E-state index is 0.186. The first-order valence-electron chi connectivity index (χ1n) is 10.1. The molecule has 8 heteroatoms. The van der Waals surface area contributed by atoms with Crippen LogP contribution in [-0.4, -0.2) is 34.3 Å². The second-order valence-corrected chi connectivity index (χ2v) is 8.46. The highest BCUT2D eigenvalue weighted by molar-refractivity contribution is 7.98. The van der Waals surface area contributed by atoms with Crippen LogP contribution in [-0.2, 0) is 5.75 Å². The number of rotatable bonds is 8. The van der Waals surface area contributed by atoms with E-state index in [0.29, 0.717) is 29.2 Å². The molecule has 2 amide bonds. The number of imidazole rings is 1. The van der Waals surface area contributed by atoms with Crippen LogP contribution in [0.5, 0.6) is 0 Å². The molecule has 2 N–H and O–H groups in total. The zero-order chi connectivity index (χ0) is 22.3. The van der Waals surface area contributed by atoms with Gasteiger partial charge in [0.1, 0.15) is 5.65 Å². The second-order valence-electron chi connectivity index (χ2n) is 7.00. The Bertz CT molecular complexity index is 1210. The Balaban J connectivity index is 1.22. The number of carbonyl (C=O) groups excluding carboxylic acids is 2. The third kappa shape index (κ3) is 5.49. The summed E-state index contributed by atoms with van der Waals surface area (Å²) in [5, 5.41) is 5.95. The number of benzene rings is 2. The van der Waals surface area contributed by atoms with E-state index in [4.69, 9.17) is 11.6 Å². The van der Waals surface area contributed by atoms with Crippen LogP contribution in [0.15, 0.2) is 84.0 Å². The molecule has 0 radical (unpaired) electrons. The molecule has 0 aliphatic carbocycles. The van der Waals surface area contributed by atoms with Crippen molar-refractivity contribution in [2.45, 2.75) is 10.6 Å². The largest absolute Gasteiger partial charge is 0.350 e. The number of fused-ring (bicyclic) bond motifs is 1. The topological polar surface area (TPSA) is 75.5 Å². The highest BCUT2D eigenvalue weighted by Gasteiger charge is 2.10. The lowest BCUT2D eigenvalue weighted by molar-refractivity contribution is 0.0927. The van der Waals surface area contributed by atoms with E-state index in [1.54, 1.807) is 48.2 Å². The predicted molar refractivity (Wildman–Crippen MR) is 127 cm³/mol. The van der Waals surface area contributed by atoms with Crippen molar-refractivity contribution in [1.29, 1.82) is 0 Å². The van der Waals surface area contributed by atoms with Gasteiger partial charge < -0.3 is 15.0 Å². The number of carbonyl (C=O) groups is 2. The molecule has 2 aromatic carbocycles. The van der Waals surface area contributed by atoms with Crippen LogP contribution >= 0.6 is 23.4 Å². The fraction of sp³-hybridized carbons (Fsp3) is 0.125. The normalized spacial score (nSPS) is 10.8. The van der Waals surface area contributed by atoms with Crippen LogP contribution in [0.3, 0.4) is 0 Å². The quantitative estimate of drug-likeness (QED) is 0.298. The maximum atomic E-state index is 12.3. The van der Waals surface area contributed by atoms with E-state index >= 15 is 0 Å². The average molecular weight is 465 g/mol. The van der Waals surface area contributed by atoms with Gasteiger partial charge in [0.2, 0.25) is 0 Å². The zero-order valence-corrected chi connectivity index (χ0v) is 18.7. The fourth-order valence-electron chi connectivity index (χ4n) is 3.11. The molecule has 32 heavy (non-hydrogen) atoms. The van der Waals surface area contributed by atoms with E-state index < -0.39 is 0 Å². The number of thioether (sulfide) groups is 1. The number of hydrogen-bond acceptors (Lipinski definition) is 4.